The Labute approximate surface area is 120 Å². The molecule has 0 bridgehead atoms. The number of nitrogens with two attached hydrogens (primary N) is 1. The van der Waals surface area contributed by atoms with Crippen molar-refractivity contribution in [3.63, 3.8) is 0 Å². The van der Waals surface area contributed by atoms with Crippen molar-refractivity contribution in [2.45, 2.75) is 51.4 Å². The van der Waals surface area contributed by atoms with E-state index in [1.807, 2.05) is 20.8 Å². The smallest absolute Gasteiger partial charge is 0.243 e. The minimum absolute atomic E-state index is 0.000185. The molecule has 20 heavy (non-hydrogen) atoms. The van der Waals surface area contributed by atoms with Crippen LogP contribution in [0, 0.1) is 17.3 Å². The van der Waals surface area contributed by atoms with Crippen molar-refractivity contribution in [2.24, 2.45) is 23.0 Å². The van der Waals surface area contributed by atoms with Crippen LogP contribution in [-0.2, 0) is 9.53 Å². The van der Waals surface area contributed by atoms with Crippen LogP contribution < -0.4 is 5.73 Å². The molecule has 0 spiro atoms. The van der Waals surface area contributed by atoms with E-state index in [9.17, 15) is 9.90 Å². The molecule has 5 atom stereocenters. The SMILES string of the molecule is CC1CCN(C(=O)C2(N)C3CCOC3C2(C)C)CC1O. The molecule has 1 aliphatic carbocycles. The third-order valence-electron chi connectivity index (χ3n) is 6.01. The number of carbonyl (C=O) groups excluding carboxylic acids is 1. The molecule has 114 valence electrons. The number of rotatable bonds is 1. The van der Waals surface area contributed by atoms with Crippen LogP contribution in [0.25, 0.3) is 0 Å². The van der Waals surface area contributed by atoms with E-state index in [4.69, 9.17) is 10.5 Å². The van der Waals surface area contributed by atoms with Crippen molar-refractivity contribution < 1.29 is 14.6 Å². The molecule has 2 aliphatic heterocycles. The molecule has 5 unspecified atom stereocenters. The first kappa shape index (κ1) is 14.3. The lowest BCUT2D eigenvalue weighted by Crippen LogP contribution is -2.80. The van der Waals surface area contributed by atoms with Crippen LogP contribution in [0.4, 0.5) is 0 Å². The highest BCUT2D eigenvalue weighted by molar-refractivity contribution is 5.89. The summed E-state index contributed by atoms with van der Waals surface area (Å²) >= 11 is 0. The fraction of sp³-hybridized carbons (Fsp3) is 0.933. The zero-order valence-electron chi connectivity index (χ0n) is 12.6. The van der Waals surface area contributed by atoms with Gasteiger partial charge in [0.25, 0.3) is 0 Å². The van der Waals surface area contributed by atoms with Gasteiger partial charge in [-0.05, 0) is 18.8 Å². The van der Waals surface area contributed by atoms with E-state index >= 15 is 0 Å². The van der Waals surface area contributed by atoms with E-state index in [1.165, 1.54) is 0 Å². The molecule has 1 amide bonds. The molecule has 0 aromatic rings. The number of aliphatic hydroxyl groups is 1. The first-order chi connectivity index (χ1) is 9.30. The highest BCUT2D eigenvalue weighted by Gasteiger charge is 2.72. The molecule has 1 saturated carbocycles. The summed E-state index contributed by atoms with van der Waals surface area (Å²) in [6.07, 6.45) is 1.37. The fourth-order valence-electron chi connectivity index (χ4n) is 4.31. The molecular formula is C15H26N2O3. The molecule has 0 aromatic heterocycles. The van der Waals surface area contributed by atoms with E-state index in [1.54, 1.807) is 4.90 Å². The highest BCUT2D eigenvalue weighted by atomic mass is 16.5. The van der Waals surface area contributed by atoms with Crippen molar-refractivity contribution in [3.05, 3.63) is 0 Å². The average molecular weight is 282 g/mol. The largest absolute Gasteiger partial charge is 0.391 e. The van der Waals surface area contributed by atoms with Crippen molar-refractivity contribution in [1.29, 1.82) is 0 Å². The Kier molecular flexibility index (Phi) is 3.16. The van der Waals surface area contributed by atoms with E-state index < -0.39 is 11.6 Å². The molecule has 5 nitrogen and oxygen atoms in total. The second-order valence-electron chi connectivity index (χ2n) is 7.36. The van der Waals surface area contributed by atoms with Gasteiger partial charge in [-0.25, -0.2) is 0 Å². The van der Waals surface area contributed by atoms with E-state index in [2.05, 4.69) is 0 Å². The second-order valence-corrected chi connectivity index (χ2v) is 7.36. The van der Waals surface area contributed by atoms with Crippen LogP contribution >= 0.6 is 0 Å². The zero-order chi connectivity index (χ0) is 14.7. The van der Waals surface area contributed by atoms with E-state index in [0.717, 1.165) is 12.8 Å². The number of β-amino-alcohol motifs (C(OH)–C–C–N with tert-alkyl or cyclic N) is 1. The molecule has 0 aromatic carbocycles. The second kappa shape index (κ2) is 4.42. The number of amides is 1. The number of likely N-dealkylation sites (tertiary alicyclic amines) is 1. The molecule has 5 heteroatoms. The van der Waals surface area contributed by atoms with Crippen molar-refractivity contribution >= 4 is 5.91 Å². The van der Waals surface area contributed by atoms with Crippen molar-refractivity contribution in [3.8, 4) is 0 Å². The van der Waals surface area contributed by atoms with Crippen molar-refractivity contribution in [2.75, 3.05) is 19.7 Å². The normalized spacial score (nSPS) is 46.8. The summed E-state index contributed by atoms with van der Waals surface area (Å²) in [7, 11) is 0. The maximum absolute atomic E-state index is 12.9. The van der Waals surface area contributed by atoms with Crippen LogP contribution in [0.5, 0.6) is 0 Å². The van der Waals surface area contributed by atoms with E-state index in [-0.39, 0.29) is 29.3 Å². The Balaban J connectivity index is 1.80. The summed E-state index contributed by atoms with van der Waals surface area (Å²) < 4.78 is 5.74. The summed E-state index contributed by atoms with van der Waals surface area (Å²) in [6, 6.07) is 0. The van der Waals surface area contributed by atoms with Gasteiger partial charge < -0.3 is 20.5 Å². The first-order valence-corrected chi connectivity index (χ1v) is 7.68. The number of hydrogen-bond acceptors (Lipinski definition) is 4. The van der Waals surface area contributed by atoms with Gasteiger partial charge >= 0.3 is 0 Å². The first-order valence-electron chi connectivity index (χ1n) is 7.68. The van der Waals surface area contributed by atoms with Crippen LogP contribution in [0.2, 0.25) is 0 Å². The minimum Gasteiger partial charge on any atom is -0.391 e. The number of carbonyl (C=O) groups is 1. The minimum atomic E-state index is -0.839. The standard InChI is InChI=1S/C15H26N2O3/c1-9-4-6-17(8-11(9)18)13(19)15(16)10-5-7-20-12(10)14(15,2)3/h9-12,18H,4-8,16H2,1-3H3. The van der Waals surface area contributed by atoms with Gasteiger partial charge in [0, 0.05) is 31.0 Å². The molecule has 3 N–H and O–H groups in total. The Hall–Kier alpha value is -0.650. The number of piperidine rings is 1. The van der Waals surface area contributed by atoms with E-state index in [0.29, 0.717) is 19.7 Å². The molecule has 3 fully saturated rings. The summed E-state index contributed by atoms with van der Waals surface area (Å²) in [6.45, 7) is 7.89. The fourth-order valence-corrected chi connectivity index (χ4v) is 4.31. The summed E-state index contributed by atoms with van der Waals surface area (Å²) in [5.74, 6) is 0.381. The van der Waals surface area contributed by atoms with Gasteiger partial charge in [0.2, 0.25) is 5.91 Å². The number of hydrogen-bond donors (Lipinski definition) is 2. The molecule has 0 radical (unpaired) electrons. The highest BCUT2D eigenvalue weighted by Crippen LogP contribution is 2.58. The van der Waals surface area contributed by atoms with Gasteiger partial charge in [-0.2, -0.15) is 0 Å². The lowest BCUT2D eigenvalue weighted by molar-refractivity contribution is -0.187. The average Bonchev–Trinajstić information content (AvgIpc) is 2.88. The predicted octanol–water partition coefficient (Wildman–Crippen LogP) is 0.358. The van der Waals surface area contributed by atoms with Crippen molar-refractivity contribution in [1.82, 2.24) is 4.90 Å². The maximum Gasteiger partial charge on any atom is 0.243 e. The van der Waals surface area contributed by atoms with Gasteiger partial charge in [0.15, 0.2) is 0 Å². The molecule has 2 heterocycles. The Morgan fingerprint density at radius 2 is 2.10 bits per heavy atom. The quantitative estimate of drug-likeness (QED) is 0.728. The zero-order valence-corrected chi connectivity index (χ0v) is 12.6. The number of nitrogens with zero attached hydrogens (tertiary/aromatic N) is 1. The maximum atomic E-state index is 12.9. The number of ether oxygens (including phenoxy) is 1. The van der Waals surface area contributed by atoms with Crippen LogP contribution in [0.3, 0.4) is 0 Å². The molecule has 3 aliphatic rings. The molecule has 3 rings (SSSR count). The topological polar surface area (TPSA) is 75.8 Å². The summed E-state index contributed by atoms with van der Waals surface area (Å²) in [5.41, 5.74) is 5.39. The lowest BCUT2D eigenvalue weighted by atomic mass is 9.47. The van der Waals surface area contributed by atoms with Gasteiger partial charge in [-0.1, -0.05) is 20.8 Å². The summed E-state index contributed by atoms with van der Waals surface area (Å²) in [4.78, 5) is 14.7. The number of aliphatic hydroxyl groups excluding tert-OH is 1. The van der Waals surface area contributed by atoms with Crippen LogP contribution in [-0.4, -0.2) is 53.4 Å². The summed E-state index contributed by atoms with van der Waals surface area (Å²) in [5, 5.41) is 10.0. The lowest BCUT2D eigenvalue weighted by Gasteiger charge is -2.62. The van der Waals surface area contributed by atoms with Gasteiger partial charge in [-0.3, -0.25) is 4.79 Å². The Morgan fingerprint density at radius 1 is 1.40 bits per heavy atom. The predicted molar refractivity (Wildman–Crippen MR) is 74.9 cm³/mol. The van der Waals surface area contributed by atoms with Gasteiger partial charge in [0.05, 0.1) is 12.2 Å². The van der Waals surface area contributed by atoms with Gasteiger partial charge in [-0.15, -0.1) is 0 Å². The Bertz CT molecular complexity index is 425. The third kappa shape index (κ3) is 1.63. The molecular weight excluding hydrogens is 256 g/mol. The van der Waals surface area contributed by atoms with Crippen LogP contribution in [0.15, 0.2) is 0 Å². The molecule has 2 saturated heterocycles. The third-order valence-corrected chi connectivity index (χ3v) is 6.01. The van der Waals surface area contributed by atoms with Gasteiger partial charge in [0.1, 0.15) is 5.54 Å². The van der Waals surface area contributed by atoms with Crippen LogP contribution in [0.1, 0.15) is 33.6 Å². The number of fused-ring (bicyclic) bond motifs is 1. The monoisotopic (exact) mass is 282 g/mol. The Morgan fingerprint density at radius 3 is 2.75 bits per heavy atom.